The van der Waals surface area contributed by atoms with E-state index >= 15 is 0 Å². The summed E-state index contributed by atoms with van der Waals surface area (Å²) in [5.41, 5.74) is 0.194. The normalized spacial score (nSPS) is 35.4. The second kappa shape index (κ2) is 9.82. The highest BCUT2D eigenvalue weighted by atomic mass is 32.2. The Kier molecular flexibility index (Phi) is 6.69. The molecule has 7 rings (SSSR count). The highest BCUT2D eigenvalue weighted by Crippen LogP contribution is 2.55. The minimum Gasteiger partial charge on any atom is -0.469 e. The van der Waals surface area contributed by atoms with Crippen molar-refractivity contribution < 1.29 is 19.4 Å². The summed E-state index contributed by atoms with van der Waals surface area (Å²) in [6.45, 7) is 1.65. The average Bonchev–Trinajstić information content (AvgIpc) is 3.52. The van der Waals surface area contributed by atoms with Crippen molar-refractivity contribution in [1.29, 1.82) is 0 Å². The van der Waals surface area contributed by atoms with E-state index in [-0.39, 0.29) is 23.8 Å². The molecule has 2 N–H and O–H groups in total. The first kappa shape index (κ1) is 24.5. The molecule has 8 heteroatoms. The van der Waals surface area contributed by atoms with Crippen molar-refractivity contribution in [2.75, 3.05) is 25.1 Å². The van der Waals surface area contributed by atoms with E-state index in [4.69, 9.17) is 9.72 Å². The van der Waals surface area contributed by atoms with E-state index < -0.39 is 5.60 Å². The number of thioether (sulfide) groups is 1. The zero-order valence-electron chi connectivity index (χ0n) is 21.3. The van der Waals surface area contributed by atoms with Gasteiger partial charge >= 0.3 is 5.97 Å². The molecule has 6 aliphatic rings. The molecule has 0 unspecified atom stereocenters. The van der Waals surface area contributed by atoms with Crippen LogP contribution in [0.15, 0.2) is 17.2 Å². The lowest BCUT2D eigenvalue weighted by Gasteiger charge is -2.58. The lowest BCUT2D eigenvalue weighted by Crippen LogP contribution is -2.61. The summed E-state index contributed by atoms with van der Waals surface area (Å²) in [7, 11) is 1.44. The first-order valence-electron chi connectivity index (χ1n) is 13.9. The number of hydrogen-bond donors (Lipinski definition) is 2. The van der Waals surface area contributed by atoms with Crippen LogP contribution in [0, 0.1) is 23.7 Å². The van der Waals surface area contributed by atoms with Gasteiger partial charge in [-0.1, -0.05) is 12.8 Å². The molecule has 0 spiro atoms. The summed E-state index contributed by atoms with van der Waals surface area (Å²) < 4.78 is 4.86. The molecule has 1 saturated heterocycles. The topological polar surface area (TPSA) is 91.8 Å². The molecule has 0 aromatic carbocycles. The Hall–Kier alpha value is -1.80. The molecule has 2 heterocycles. The molecule has 3 atom stereocenters. The molecule has 4 bridgehead atoms. The van der Waals surface area contributed by atoms with Crippen LogP contribution in [0.25, 0.3) is 0 Å². The van der Waals surface area contributed by atoms with Gasteiger partial charge in [-0.05, 0) is 87.2 Å². The van der Waals surface area contributed by atoms with E-state index in [2.05, 4.69) is 10.2 Å². The molecule has 0 radical (unpaired) electrons. The third-order valence-electron chi connectivity index (χ3n) is 9.50. The van der Waals surface area contributed by atoms with Gasteiger partial charge in [0.15, 0.2) is 0 Å². The van der Waals surface area contributed by atoms with Crippen molar-refractivity contribution >= 4 is 29.5 Å². The van der Waals surface area contributed by atoms with Crippen molar-refractivity contribution in [2.24, 2.45) is 23.7 Å². The molecule has 5 saturated carbocycles. The Labute approximate surface area is 218 Å². The van der Waals surface area contributed by atoms with Crippen molar-refractivity contribution in [3.63, 3.8) is 0 Å². The monoisotopic (exact) mass is 513 g/mol. The number of amides is 1. The Balaban J connectivity index is 1.19. The number of aromatic nitrogens is 1. The van der Waals surface area contributed by atoms with Crippen LogP contribution in [0.1, 0.15) is 81.0 Å². The van der Waals surface area contributed by atoms with Gasteiger partial charge in [0.05, 0.1) is 24.7 Å². The van der Waals surface area contributed by atoms with E-state index in [9.17, 15) is 14.7 Å². The number of aliphatic hydroxyl groups is 1. The second-order valence-electron chi connectivity index (χ2n) is 12.1. The summed E-state index contributed by atoms with van der Waals surface area (Å²) in [4.78, 5) is 32.7. The predicted molar refractivity (Wildman–Crippen MR) is 139 cm³/mol. The molecule has 5 aliphatic carbocycles. The minimum atomic E-state index is -0.494. The number of methoxy groups -OCH3 is 1. The number of carbonyl (C=O) groups excluding carboxylic acids is 2. The maximum Gasteiger partial charge on any atom is 0.305 e. The Bertz CT molecular complexity index is 997. The number of anilines is 1. The fraction of sp³-hybridized carbons (Fsp3) is 0.750. The van der Waals surface area contributed by atoms with Crippen LogP contribution in [0.2, 0.25) is 0 Å². The minimum absolute atomic E-state index is 0.0102. The zero-order valence-corrected chi connectivity index (χ0v) is 22.1. The van der Waals surface area contributed by atoms with Crippen LogP contribution < -0.4 is 10.2 Å². The largest absolute Gasteiger partial charge is 0.469 e. The third-order valence-corrected chi connectivity index (χ3v) is 10.8. The van der Waals surface area contributed by atoms with E-state index in [0.717, 1.165) is 62.5 Å². The first-order valence-corrected chi connectivity index (χ1v) is 14.8. The average molecular weight is 514 g/mol. The Morgan fingerprint density at radius 3 is 2.61 bits per heavy atom. The molecule has 1 amide bonds. The quantitative estimate of drug-likeness (QED) is 0.529. The van der Waals surface area contributed by atoms with Gasteiger partial charge in [0, 0.05) is 24.4 Å². The van der Waals surface area contributed by atoms with Gasteiger partial charge in [0.2, 0.25) is 0 Å². The smallest absolute Gasteiger partial charge is 0.305 e. The summed E-state index contributed by atoms with van der Waals surface area (Å²) in [6.07, 6.45) is 11.1. The molecular weight excluding hydrogens is 474 g/mol. The maximum atomic E-state index is 13.7. The van der Waals surface area contributed by atoms with Crippen LogP contribution in [0.4, 0.5) is 5.82 Å². The van der Waals surface area contributed by atoms with E-state index in [1.54, 1.807) is 11.8 Å². The van der Waals surface area contributed by atoms with Crippen molar-refractivity contribution in [2.45, 2.75) is 92.5 Å². The number of nitrogens with zero attached hydrogens (tertiary/aromatic N) is 2. The number of rotatable bonds is 7. The number of esters is 1. The van der Waals surface area contributed by atoms with Gasteiger partial charge in [0.25, 0.3) is 5.91 Å². The molecule has 1 aliphatic heterocycles. The number of carbonyl (C=O) groups is 2. The number of pyridine rings is 1. The molecule has 1 aromatic heterocycles. The van der Waals surface area contributed by atoms with Crippen molar-refractivity contribution in [1.82, 2.24) is 10.3 Å². The van der Waals surface area contributed by atoms with Gasteiger partial charge in [-0.15, -0.1) is 11.8 Å². The van der Waals surface area contributed by atoms with Gasteiger partial charge < -0.3 is 20.1 Å². The number of hydrogen-bond acceptors (Lipinski definition) is 7. The van der Waals surface area contributed by atoms with E-state index in [1.807, 2.05) is 12.1 Å². The van der Waals surface area contributed by atoms with E-state index in [1.165, 1.54) is 32.8 Å². The van der Waals surface area contributed by atoms with Crippen LogP contribution in [-0.2, 0) is 9.53 Å². The van der Waals surface area contributed by atoms with Gasteiger partial charge in [0.1, 0.15) is 10.8 Å². The first-order chi connectivity index (χ1) is 17.4. The van der Waals surface area contributed by atoms with E-state index in [0.29, 0.717) is 35.0 Å². The number of nitrogens with one attached hydrogen (secondary N) is 1. The number of ether oxygens (including phenoxy) is 1. The Morgan fingerprint density at radius 2 is 1.92 bits per heavy atom. The highest BCUT2D eigenvalue weighted by molar-refractivity contribution is 7.99. The SMILES string of the molecule is COC(=O)C[C@@H]1CCN(c2ccc(C(=O)NC3[C@@H]4CC5C[C@@H]3CC(O)(C5)C4)c(SC3CCCC3)n2)C1. The third kappa shape index (κ3) is 4.87. The highest BCUT2D eigenvalue weighted by Gasteiger charge is 2.55. The van der Waals surface area contributed by atoms with Crippen molar-refractivity contribution in [3.8, 4) is 0 Å². The standard InChI is InChI=1S/C28H39N3O4S/c1-35-24(32)12-17-8-9-31(16-17)23-7-6-22(27(29-23)36-21-4-2-3-5-21)26(33)30-25-19-10-18-11-20(25)15-28(34,13-18)14-19/h6-7,17-21,25,34H,2-5,8-16H2,1H3,(H,30,33)/t17-,18?,19+,20+,25?,28?/m0/s1. The molecule has 6 fully saturated rings. The summed E-state index contributed by atoms with van der Waals surface area (Å²) in [5.74, 6) is 2.41. The summed E-state index contributed by atoms with van der Waals surface area (Å²) in [6, 6.07) is 4.11. The molecule has 36 heavy (non-hydrogen) atoms. The lowest BCUT2D eigenvalue weighted by molar-refractivity contribution is -0.141. The fourth-order valence-corrected chi connectivity index (χ4v) is 9.32. The second-order valence-corrected chi connectivity index (χ2v) is 13.4. The van der Waals surface area contributed by atoms with Crippen LogP contribution >= 0.6 is 11.8 Å². The van der Waals surface area contributed by atoms with Crippen LogP contribution in [0.3, 0.4) is 0 Å². The van der Waals surface area contributed by atoms with Gasteiger partial charge in [-0.25, -0.2) is 4.98 Å². The predicted octanol–water partition coefficient (Wildman–Crippen LogP) is 4.18. The van der Waals surface area contributed by atoms with Gasteiger partial charge in [-0.2, -0.15) is 0 Å². The zero-order chi connectivity index (χ0) is 24.9. The lowest BCUT2D eigenvalue weighted by atomic mass is 9.52. The fourth-order valence-electron chi connectivity index (χ4n) is 8.01. The molecule has 196 valence electrons. The summed E-state index contributed by atoms with van der Waals surface area (Å²) >= 11 is 1.77. The van der Waals surface area contributed by atoms with Crippen molar-refractivity contribution in [3.05, 3.63) is 17.7 Å². The molecule has 7 nitrogen and oxygen atoms in total. The molecular formula is C28H39N3O4S. The molecule has 1 aromatic rings. The van der Waals surface area contributed by atoms with Gasteiger partial charge in [-0.3, -0.25) is 9.59 Å². The van der Waals surface area contributed by atoms with Crippen LogP contribution in [-0.4, -0.2) is 59.1 Å². The summed E-state index contributed by atoms with van der Waals surface area (Å²) in [5, 5.41) is 15.7. The van der Waals surface area contributed by atoms with Crippen LogP contribution in [0.5, 0.6) is 0 Å². The maximum absolute atomic E-state index is 13.7. The Morgan fingerprint density at radius 1 is 1.17 bits per heavy atom.